The van der Waals surface area contributed by atoms with E-state index in [2.05, 4.69) is 24.5 Å². The molecule has 1 fully saturated rings. The lowest BCUT2D eigenvalue weighted by molar-refractivity contribution is 0.0528. The molecule has 1 atom stereocenters. The average molecular weight is 242 g/mol. The van der Waals surface area contributed by atoms with Gasteiger partial charge in [0.2, 0.25) is 0 Å². The number of ether oxygens (including phenoxy) is 1. The smallest absolute Gasteiger partial charge is 0.407 e. The second-order valence-electron chi connectivity index (χ2n) is 6.52. The van der Waals surface area contributed by atoms with Crippen LogP contribution in [0.25, 0.3) is 0 Å². The van der Waals surface area contributed by atoms with Crippen molar-refractivity contribution in [3.05, 3.63) is 0 Å². The second kappa shape index (κ2) is 5.25. The van der Waals surface area contributed by atoms with Gasteiger partial charge in [-0.15, -0.1) is 0 Å². The van der Waals surface area contributed by atoms with E-state index >= 15 is 0 Å². The predicted molar refractivity (Wildman–Crippen MR) is 69.0 cm³/mol. The Morgan fingerprint density at radius 1 is 1.35 bits per heavy atom. The van der Waals surface area contributed by atoms with E-state index in [1.165, 1.54) is 6.42 Å². The summed E-state index contributed by atoms with van der Waals surface area (Å²) in [6.07, 6.45) is 0.963. The van der Waals surface area contributed by atoms with Gasteiger partial charge >= 0.3 is 6.09 Å². The molecular weight excluding hydrogens is 216 g/mol. The molecule has 0 bridgehead atoms. The van der Waals surface area contributed by atoms with Crippen molar-refractivity contribution in [1.82, 2.24) is 10.6 Å². The van der Waals surface area contributed by atoms with Gasteiger partial charge in [0.1, 0.15) is 5.60 Å². The van der Waals surface area contributed by atoms with E-state index in [4.69, 9.17) is 4.74 Å². The highest BCUT2D eigenvalue weighted by Crippen LogP contribution is 2.50. The number of rotatable bonds is 5. The van der Waals surface area contributed by atoms with Crippen LogP contribution in [0.15, 0.2) is 0 Å². The molecule has 1 aliphatic carbocycles. The molecule has 0 radical (unpaired) electrons. The molecule has 4 nitrogen and oxygen atoms in total. The third-order valence-corrected chi connectivity index (χ3v) is 3.08. The summed E-state index contributed by atoms with van der Waals surface area (Å²) in [5, 5.41) is 6.08. The number of amides is 1. The molecule has 2 N–H and O–H groups in total. The van der Waals surface area contributed by atoms with E-state index in [0.29, 0.717) is 12.0 Å². The van der Waals surface area contributed by atoms with Crippen LogP contribution in [0.1, 0.15) is 41.0 Å². The van der Waals surface area contributed by atoms with E-state index in [-0.39, 0.29) is 6.09 Å². The Kier molecular flexibility index (Phi) is 4.42. The molecule has 1 aliphatic rings. The fraction of sp³-hybridized carbons (Fsp3) is 0.923. The lowest BCUT2D eigenvalue weighted by Gasteiger charge is -2.19. The van der Waals surface area contributed by atoms with E-state index in [9.17, 15) is 4.79 Å². The van der Waals surface area contributed by atoms with Gasteiger partial charge in [0, 0.05) is 13.1 Å². The van der Waals surface area contributed by atoms with Gasteiger partial charge < -0.3 is 15.4 Å². The number of alkyl carbamates (subject to hydrolysis) is 1. The van der Waals surface area contributed by atoms with Crippen molar-refractivity contribution in [2.24, 2.45) is 11.3 Å². The topological polar surface area (TPSA) is 50.4 Å². The van der Waals surface area contributed by atoms with Gasteiger partial charge in [-0.3, -0.25) is 0 Å². The van der Waals surface area contributed by atoms with Crippen LogP contribution in [0.2, 0.25) is 0 Å². The Bertz CT molecular complexity index is 269. The summed E-state index contributed by atoms with van der Waals surface area (Å²) in [7, 11) is 0. The van der Waals surface area contributed by atoms with Crippen LogP contribution >= 0.6 is 0 Å². The van der Waals surface area contributed by atoms with Crippen molar-refractivity contribution in [3.8, 4) is 0 Å². The molecule has 0 aromatic rings. The summed E-state index contributed by atoms with van der Waals surface area (Å²) < 4.78 is 5.13. The van der Waals surface area contributed by atoms with Crippen LogP contribution in [0.3, 0.4) is 0 Å². The van der Waals surface area contributed by atoms with E-state index in [1.807, 2.05) is 20.8 Å². The zero-order valence-corrected chi connectivity index (χ0v) is 11.7. The van der Waals surface area contributed by atoms with Gasteiger partial charge in [0.25, 0.3) is 0 Å². The first-order valence-corrected chi connectivity index (χ1v) is 6.38. The Balaban J connectivity index is 1.96. The highest BCUT2D eigenvalue weighted by atomic mass is 16.6. The molecule has 4 heteroatoms. The molecule has 1 saturated carbocycles. The molecular formula is C13H26N2O2. The summed E-state index contributed by atoms with van der Waals surface area (Å²) in [6.45, 7) is 12.6. The van der Waals surface area contributed by atoms with Crippen LogP contribution < -0.4 is 10.6 Å². The number of hydrogen-bond acceptors (Lipinski definition) is 3. The summed E-state index contributed by atoms with van der Waals surface area (Å²) in [6, 6.07) is 0. The van der Waals surface area contributed by atoms with Crippen molar-refractivity contribution >= 4 is 6.09 Å². The Morgan fingerprint density at radius 2 is 1.94 bits per heavy atom. The third-order valence-electron chi connectivity index (χ3n) is 3.08. The summed E-state index contributed by atoms with van der Waals surface area (Å²) in [4.78, 5) is 11.3. The zero-order chi connectivity index (χ0) is 13.1. The van der Waals surface area contributed by atoms with Crippen molar-refractivity contribution < 1.29 is 9.53 Å². The monoisotopic (exact) mass is 242 g/mol. The molecule has 0 aromatic carbocycles. The molecule has 17 heavy (non-hydrogen) atoms. The first-order valence-electron chi connectivity index (χ1n) is 6.38. The number of carbonyl (C=O) groups is 1. The van der Waals surface area contributed by atoms with Crippen molar-refractivity contribution in [1.29, 1.82) is 0 Å². The molecule has 1 unspecified atom stereocenters. The minimum atomic E-state index is -0.421. The van der Waals surface area contributed by atoms with Gasteiger partial charge in [0.05, 0.1) is 0 Å². The van der Waals surface area contributed by atoms with E-state index in [1.54, 1.807) is 0 Å². The van der Waals surface area contributed by atoms with Gasteiger partial charge in [0.15, 0.2) is 0 Å². The summed E-state index contributed by atoms with van der Waals surface area (Å²) in [5.74, 6) is 0.795. The van der Waals surface area contributed by atoms with Gasteiger partial charge in [-0.2, -0.15) is 0 Å². The third kappa shape index (κ3) is 5.91. The molecule has 100 valence electrons. The van der Waals surface area contributed by atoms with Gasteiger partial charge in [-0.05, 0) is 45.1 Å². The fourth-order valence-corrected chi connectivity index (χ4v) is 1.77. The largest absolute Gasteiger partial charge is 0.444 e. The number of hydrogen-bond donors (Lipinski definition) is 2. The van der Waals surface area contributed by atoms with Crippen LogP contribution in [-0.4, -0.2) is 31.3 Å². The summed E-state index contributed by atoms with van der Waals surface area (Å²) >= 11 is 0. The van der Waals surface area contributed by atoms with Crippen LogP contribution in [0.4, 0.5) is 4.79 Å². The fourth-order valence-electron chi connectivity index (χ4n) is 1.77. The zero-order valence-electron chi connectivity index (χ0n) is 11.7. The quantitative estimate of drug-likeness (QED) is 0.726. The second-order valence-corrected chi connectivity index (χ2v) is 6.52. The lowest BCUT2D eigenvalue weighted by Crippen LogP contribution is -2.36. The highest BCUT2D eigenvalue weighted by Gasteiger charge is 2.44. The molecule has 0 heterocycles. The highest BCUT2D eigenvalue weighted by molar-refractivity contribution is 5.67. The van der Waals surface area contributed by atoms with Crippen LogP contribution in [-0.2, 0) is 4.74 Å². The molecule has 0 saturated heterocycles. The minimum absolute atomic E-state index is 0.342. The maximum absolute atomic E-state index is 11.3. The standard InChI is InChI=1S/C13H26N2O2/c1-12(2,3)17-11(16)15-7-6-14-9-10-8-13(10,4)5/h10,14H,6-9H2,1-5H3,(H,15,16). The molecule has 0 aliphatic heterocycles. The Labute approximate surface area is 104 Å². The average Bonchev–Trinajstić information content (AvgIpc) is 2.70. The van der Waals surface area contributed by atoms with Crippen molar-refractivity contribution in [3.63, 3.8) is 0 Å². The molecule has 0 aromatic heterocycles. The molecule has 1 amide bonds. The van der Waals surface area contributed by atoms with Crippen LogP contribution in [0, 0.1) is 11.3 Å². The Morgan fingerprint density at radius 3 is 2.41 bits per heavy atom. The maximum Gasteiger partial charge on any atom is 0.407 e. The Hall–Kier alpha value is -0.770. The van der Waals surface area contributed by atoms with Crippen molar-refractivity contribution in [2.75, 3.05) is 19.6 Å². The lowest BCUT2D eigenvalue weighted by atomic mass is 10.1. The SMILES string of the molecule is CC(C)(C)OC(=O)NCCNCC1CC1(C)C. The van der Waals surface area contributed by atoms with E-state index in [0.717, 1.165) is 19.0 Å². The normalized spacial score (nSPS) is 22.1. The predicted octanol–water partition coefficient (Wildman–Crippen LogP) is 2.15. The van der Waals surface area contributed by atoms with Gasteiger partial charge in [-0.25, -0.2) is 4.79 Å². The van der Waals surface area contributed by atoms with E-state index < -0.39 is 5.60 Å². The maximum atomic E-state index is 11.3. The molecule has 1 rings (SSSR count). The first kappa shape index (κ1) is 14.3. The number of nitrogens with one attached hydrogen (secondary N) is 2. The van der Waals surface area contributed by atoms with Crippen molar-refractivity contribution in [2.45, 2.75) is 46.6 Å². The molecule has 0 spiro atoms. The number of carbonyl (C=O) groups excluding carboxylic acids is 1. The summed E-state index contributed by atoms with van der Waals surface area (Å²) in [5.41, 5.74) is 0.0984. The first-order chi connectivity index (χ1) is 7.71. The van der Waals surface area contributed by atoms with Crippen LogP contribution in [0.5, 0.6) is 0 Å². The van der Waals surface area contributed by atoms with Gasteiger partial charge in [-0.1, -0.05) is 13.8 Å². The minimum Gasteiger partial charge on any atom is -0.444 e.